The second kappa shape index (κ2) is 26.1. The van der Waals surface area contributed by atoms with Gasteiger partial charge >= 0.3 is 11.9 Å². The normalized spacial score (nSPS) is 28.8. The molecule has 3 rings (SSSR count). The van der Waals surface area contributed by atoms with Crippen LogP contribution in [0.1, 0.15) is 84.6 Å². The summed E-state index contributed by atoms with van der Waals surface area (Å²) in [4.78, 5) is 26.4. The lowest BCUT2D eigenvalue weighted by Crippen LogP contribution is -2.67. The molecule has 1 aromatic rings. The van der Waals surface area contributed by atoms with E-state index in [0.29, 0.717) is 45.2 Å². The Bertz CT molecular complexity index is 1130. The monoisotopic (exact) mass is 772 g/mol. The van der Waals surface area contributed by atoms with Gasteiger partial charge in [-0.3, -0.25) is 0 Å². The number of aliphatic hydroxyl groups excluding tert-OH is 1. The van der Waals surface area contributed by atoms with Gasteiger partial charge < -0.3 is 52.5 Å². The molecular formula is C39H64O13S. The second-order valence-electron chi connectivity index (χ2n) is 13.2. The van der Waals surface area contributed by atoms with Crippen LogP contribution in [0.4, 0.5) is 0 Å². The summed E-state index contributed by atoms with van der Waals surface area (Å²) in [5.74, 6) is 0.00402. The highest BCUT2D eigenvalue weighted by Gasteiger charge is 2.56. The lowest BCUT2D eigenvalue weighted by atomic mass is 9.95. The van der Waals surface area contributed by atoms with Crippen molar-refractivity contribution in [3.63, 3.8) is 0 Å². The topological polar surface area (TPSA) is 147 Å². The number of hydrogen-bond donors (Lipinski definition) is 1. The first kappa shape index (κ1) is 45.5. The summed E-state index contributed by atoms with van der Waals surface area (Å²) in [6.07, 6.45) is -4.95. The average molecular weight is 773 g/mol. The highest BCUT2D eigenvalue weighted by molar-refractivity contribution is 7.98. The number of aliphatic hydroxyl groups is 1. The minimum Gasteiger partial charge on any atom is -0.467 e. The molecule has 304 valence electrons. The van der Waals surface area contributed by atoms with Gasteiger partial charge in [-0.2, -0.15) is 11.8 Å². The van der Waals surface area contributed by atoms with Gasteiger partial charge in [0.25, 0.3) is 0 Å². The molecule has 2 aliphatic rings. The molecule has 4 unspecified atom stereocenters. The summed E-state index contributed by atoms with van der Waals surface area (Å²) in [7, 11) is 2.51. The fraction of sp³-hybridized carbons (Fsp3) is 0.795. The molecule has 10 atom stereocenters. The number of rotatable bonds is 26. The molecule has 0 aliphatic carbocycles. The summed E-state index contributed by atoms with van der Waals surface area (Å²) in [5.41, 5.74) is 1.20. The zero-order chi connectivity index (χ0) is 38.4. The Kier molecular flexibility index (Phi) is 22.4. The molecular weight excluding hydrogens is 708 g/mol. The molecule has 2 heterocycles. The highest BCUT2D eigenvalue weighted by Crippen LogP contribution is 2.35. The van der Waals surface area contributed by atoms with Crippen LogP contribution in [-0.2, 0) is 62.7 Å². The van der Waals surface area contributed by atoms with Gasteiger partial charge in [0.2, 0.25) is 0 Å². The number of ether oxygens (including phenoxy) is 10. The molecule has 0 radical (unpaired) electrons. The fourth-order valence-corrected chi connectivity index (χ4v) is 6.76. The van der Waals surface area contributed by atoms with Crippen LogP contribution in [0.2, 0.25) is 0 Å². The van der Waals surface area contributed by atoms with Gasteiger partial charge in [0.1, 0.15) is 36.6 Å². The van der Waals surface area contributed by atoms with E-state index in [2.05, 4.69) is 19.1 Å². The number of carbonyl (C=O) groups is 2. The Morgan fingerprint density at radius 3 is 1.66 bits per heavy atom. The molecule has 0 spiro atoms. The molecule has 1 N–H and O–H groups in total. The van der Waals surface area contributed by atoms with Crippen molar-refractivity contribution in [2.75, 3.05) is 53.0 Å². The average Bonchev–Trinajstić information content (AvgIpc) is 3.17. The first-order valence-electron chi connectivity index (χ1n) is 19.3. The Balaban J connectivity index is 2.01. The summed E-state index contributed by atoms with van der Waals surface area (Å²) < 4.78 is 61.4. The Morgan fingerprint density at radius 1 is 0.623 bits per heavy atom. The van der Waals surface area contributed by atoms with E-state index < -0.39 is 73.4 Å². The number of thioether (sulfide) groups is 1. The van der Waals surface area contributed by atoms with Crippen molar-refractivity contribution >= 4 is 23.7 Å². The molecule has 1 aromatic carbocycles. The van der Waals surface area contributed by atoms with Crippen LogP contribution in [0, 0.1) is 0 Å². The quantitative estimate of drug-likeness (QED) is 0.0970. The van der Waals surface area contributed by atoms with Crippen LogP contribution in [0.5, 0.6) is 0 Å². The summed E-state index contributed by atoms with van der Waals surface area (Å²) in [6, 6.07) is 10.2. The molecule has 53 heavy (non-hydrogen) atoms. The van der Waals surface area contributed by atoms with E-state index in [4.69, 9.17) is 47.4 Å². The zero-order valence-electron chi connectivity index (χ0n) is 32.5. The van der Waals surface area contributed by atoms with E-state index in [9.17, 15) is 14.7 Å². The van der Waals surface area contributed by atoms with Gasteiger partial charge in [-0.05, 0) is 31.2 Å². The van der Waals surface area contributed by atoms with Gasteiger partial charge in [-0.1, -0.05) is 83.7 Å². The Morgan fingerprint density at radius 2 is 1.11 bits per heavy atom. The maximum absolute atomic E-state index is 13.4. The van der Waals surface area contributed by atoms with Gasteiger partial charge in [0.15, 0.2) is 24.8 Å². The number of hydrogen-bond acceptors (Lipinski definition) is 14. The predicted molar refractivity (Wildman–Crippen MR) is 199 cm³/mol. The van der Waals surface area contributed by atoms with Crippen molar-refractivity contribution in [3.05, 3.63) is 35.9 Å². The lowest BCUT2D eigenvalue weighted by molar-refractivity contribution is -0.365. The Labute approximate surface area is 320 Å². The SMILES string of the molecule is CCCCOC1[C@@H](O)C(C(=O)OC)O[C@H](OC2[C@@H](OCCCC)C(C(=O)OC)O[C@H](OCCSCc3ccccc3)[C@H]2OCCCC)[C@H]1OCCCC. The first-order chi connectivity index (χ1) is 25.8. The number of benzene rings is 1. The van der Waals surface area contributed by atoms with Gasteiger partial charge in [-0.15, -0.1) is 0 Å². The van der Waals surface area contributed by atoms with E-state index >= 15 is 0 Å². The largest absolute Gasteiger partial charge is 0.467 e. The maximum atomic E-state index is 13.4. The number of unbranched alkanes of at least 4 members (excludes halogenated alkanes) is 4. The summed E-state index contributed by atoms with van der Waals surface area (Å²) in [5, 5.41) is 11.4. The Hall–Kier alpha value is -1.85. The third-order valence-electron chi connectivity index (χ3n) is 9.03. The lowest BCUT2D eigenvalue weighted by Gasteiger charge is -2.48. The highest BCUT2D eigenvalue weighted by atomic mass is 32.2. The van der Waals surface area contributed by atoms with Gasteiger partial charge in [0, 0.05) is 37.9 Å². The third-order valence-corrected chi connectivity index (χ3v) is 10.0. The smallest absolute Gasteiger partial charge is 0.337 e. The van der Waals surface area contributed by atoms with E-state index in [1.165, 1.54) is 19.8 Å². The minimum absolute atomic E-state index is 0.296. The van der Waals surface area contributed by atoms with Crippen molar-refractivity contribution in [2.45, 2.75) is 146 Å². The number of methoxy groups -OCH3 is 2. The number of carbonyl (C=O) groups excluding carboxylic acids is 2. The molecule has 0 saturated carbocycles. The van der Waals surface area contributed by atoms with E-state index in [1.54, 1.807) is 11.8 Å². The molecule has 0 bridgehead atoms. The van der Waals surface area contributed by atoms with Crippen LogP contribution in [0.3, 0.4) is 0 Å². The van der Waals surface area contributed by atoms with Crippen LogP contribution in [-0.4, -0.2) is 131 Å². The molecule has 14 heteroatoms. The minimum atomic E-state index is -1.44. The summed E-state index contributed by atoms with van der Waals surface area (Å²) in [6.45, 7) is 9.76. The maximum Gasteiger partial charge on any atom is 0.337 e. The van der Waals surface area contributed by atoms with Crippen molar-refractivity contribution in [2.24, 2.45) is 0 Å². The van der Waals surface area contributed by atoms with E-state index in [1.807, 2.05) is 39.0 Å². The molecule has 2 saturated heterocycles. The molecule has 2 fully saturated rings. The van der Waals surface area contributed by atoms with Crippen LogP contribution in [0.25, 0.3) is 0 Å². The fourth-order valence-electron chi connectivity index (χ4n) is 5.97. The zero-order valence-corrected chi connectivity index (χ0v) is 33.3. The third kappa shape index (κ3) is 14.3. The standard InChI is InChI=1S/C39H64O13S/c1-7-11-20-45-29-28(40)30(36(41)43-5)50-39(34(29)47-22-13-9-3)51-32-31(46-21-12-8-2)33(37(42)44-6)52-38(35(32)48-23-14-10-4)49-24-25-53-26-27-18-16-15-17-19-27/h15-19,28-35,38-40H,7-14,20-26H2,1-6H3/t28-,29?,30?,31-,32?,33?,34+,35+,38+,39-/m1/s1. The van der Waals surface area contributed by atoms with Crippen LogP contribution < -0.4 is 0 Å². The summed E-state index contributed by atoms with van der Waals surface area (Å²) >= 11 is 1.71. The molecule has 0 aromatic heterocycles. The van der Waals surface area contributed by atoms with Crippen molar-refractivity contribution < 1.29 is 62.1 Å². The van der Waals surface area contributed by atoms with Crippen molar-refractivity contribution in [3.8, 4) is 0 Å². The van der Waals surface area contributed by atoms with Crippen molar-refractivity contribution in [1.82, 2.24) is 0 Å². The first-order valence-corrected chi connectivity index (χ1v) is 20.5. The van der Waals surface area contributed by atoms with Crippen molar-refractivity contribution in [1.29, 1.82) is 0 Å². The number of esters is 2. The van der Waals surface area contributed by atoms with Crippen LogP contribution >= 0.6 is 11.8 Å². The van der Waals surface area contributed by atoms with Gasteiger partial charge in [0.05, 0.1) is 20.8 Å². The molecule has 0 amide bonds. The van der Waals surface area contributed by atoms with Gasteiger partial charge in [-0.25, -0.2) is 9.59 Å². The van der Waals surface area contributed by atoms with E-state index in [0.717, 1.165) is 50.7 Å². The second-order valence-corrected chi connectivity index (χ2v) is 14.3. The molecule has 2 aliphatic heterocycles. The van der Waals surface area contributed by atoms with E-state index in [-0.39, 0.29) is 0 Å². The van der Waals surface area contributed by atoms with Crippen LogP contribution in [0.15, 0.2) is 30.3 Å². The predicted octanol–water partition coefficient (Wildman–Crippen LogP) is 5.22. The molecule has 13 nitrogen and oxygen atoms in total.